The molecule has 0 aliphatic rings. The number of hydrogen-bond acceptors (Lipinski definition) is 4. The van der Waals surface area contributed by atoms with Crippen molar-refractivity contribution in [2.75, 3.05) is 13.2 Å². The van der Waals surface area contributed by atoms with Gasteiger partial charge in [-0.05, 0) is 42.7 Å². The molecule has 1 unspecified atom stereocenters. The van der Waals surface area contributed by atoms with Crippen LogP contribution in [0.1, 0.15) is 24.2 Å². The van der Waals surface area contributed by atoms with Gasteiger partial charge in [-0.25, -0.2) is 4.79 Å². The summed E-state index contributed by atoms with van der Waals surface area (Å²) < 4.78 is 5.35. The number of carbonyl (C=O) groups is 1. The van der Waals surface area contributed by atoms with Crippen LogP contribution in [-0.4, -0.2) is 40.4 Å². The number of aromatic amines is 1. The summed E-state index contributed by atoms with van der Waals surface area (Å²) in [4.78, 5) is 13.9. The van der Waals surface area contributed by atoms with Gasteiger partial charge in [-0.1, -0.05) is 35.9 Å². The zero-order chi connectivity index (χ0) is 20.1. The zero-order valence-electron chi connectivity index (χ0n) is 15.5. The van der Waals surface area contributed by atoms with Gasteiger partial charge in [0, 0.05) is 29.2 Å². The van der Waals surface area contributed by atoms with E-state index in [1.54, 1.807) is 18.2 Å². The van der Waals surface area contributed by atoms with Gasteiger partial charge in [0.2, 0.25) is 0 Å². The predicted molar refractivity (Wildman–Crippen MR) is 109 cm³/mol. The summed E-state index contributed by atoms with van der Waals surface area (Å²) >= 11 is 5.98. The number of nitrogens with one attached hydrogen (secondary N) is 2. The van der Waals surface area contributed by atoms with Crippen molar-refractivity contribution >= 4 is 28.5 Å². The third-order valence-electron chi connectivity index (χ3n) is 4.53. The van der Waals surface area contributed by atoms with E-state index in [2.05, 4.69) is 10.3 Å². The van der Waals surface area contributed by atoms with Crippen LogP contribution in [0.2, 0.25) is 5.02 Å². The molecule has 0 amide bonds. The van der Waals surface area contributed by atoms with E-state index < -0.39 is 12.1 Å². The first-order valence-electron chi connectivity index (χ1n) is 9.04. The number of hydrogen-bond donors (Lipinski definition) is 4. The number of aromatic nitrogens is 1. The molecule has 0 spiro atoms. The predicted octanol–water partition coefficient (Wildman–Crippen LogP) is 3.54. The molecule has 0 saturated heterocycles. The number of aliphatic carboxylic acids is 1. The molecule has 3 aromatic rings. The number of fused-ring (bicyclic) bond motifs is 1. The summed E-state index contributed by atoms with van der Waals surface area (Å²) in [5.74, 6) is -0.497. The van der Waals surface area contributed by atoms with Crippen LogP contribution < -0.4 is 10.1 Å². The molecule has 0 radical (unpaired) electrons. The van der Waals surface area contributed by atoms with Crippen molar-refractivity contribution in [3.05, 3.63) is 64.8 Å². The molecule has 3 rings (SSSR count). The number of ether oxygens (including phenoxy) is 1. The fraction of sp³-hybridized carbons (Fsp3) is 0.286. The second-order valence-electron chi connectivity index (χ2n) is 6.76. The maximum absolute atomic E-state index is 10.7. The average Bonchev–Trinajstić information content (AvgIpc) is 3.07. The van der Waals surface area contributed by atoms with Crippen LogP contribution in [0.4, 0.5) is 0 Å². The van der Waals surface area contributed by atoms with Crippen LogP contribution in [0, 0.1) is 0 Å². The van der Waals surface area contributed by atoms with Gasteiger partial charge < -0.3 is 25.3 Å². The van der Waals surface area contributed by atoms with Crippen LogP contribution in [0.15, 0.2) is 48.7 Å². The van der Waals surface area contributed by atoms with Gasteiger partial charge in [0.15, 0.2) is 6.61 Å². The lowest BCUT2D eigenvalue weighted by atomic mass is 10.0. The van der Waals surface area contributed by atoms with Gasteiger partial charge in [0.1, 0.15) is 5.75 Å². The molecular formula is C21H23ClN2O4. The van der Waals surface area contributed by atoms with Crippen molar-refractivity contribution in [1.82, 2.24) is 10.3 Å². The van der Waals surface area contributed by atoms with Crippen LogP contribution in [0.3, 0.4) is 0 Å². The molecule has 0 saturated carbocycles. The van der Waals surface area contributed by atoms with E-state index in [1.807, 2.05) is 37.4 Å². The van der Waals surface area contributed by atoms with E-state index in [0.29, 0.717) is 17.3 Å². The SMILES string of the molecule is C[C@H](Cc1c[nH]c2c(OCC(=O)O)cccc12)NCC(O)c1cccc(Cl)c1. The van der Waals surface area contributed by atoms with Crippen molar-refractivity contribution < 1.29 is 19.7 Å². The molecule has 7 heteroatoms. The number of H-pyrrole nitrogens is 1. The highest BCUT2D eigenvalue weighted by Crippen LogP contribution is 2.28. The molecule has 0 aliphatic heterocycles. The molecule has 6 nitrogen and oxygen atoms in total. The second-order valence-corrected chi connectivity index (χ2v) is 7.20. The first-order valence-corrected chi connectivity index (χ1v) is 9.42. The highest BCUT2D eigenvalue weighted by atomic mass is 35.5. The van der Waals surface area contributed by atoms with Gasteiger partial charge >= 0.3 is 5.97 Å². The van der Waals surface area contributed by atoms with Gasteiger partial charge in [-0.3, -0.25) is 0 Å². The number of aliphatic hydroxyl groups excluding tert-OH is 1. The highest BCUT2D eigenvalue weighted by molar-refractivity contribution is 6.30. The monoisotopic (exact) mass is 402 g/mol. The van der Waals surface area contributed by atoms with Crippen LogP contribution in [0.5, 0.6) is 5.75 Å². The number of para-hydroxylation sites is 1. The Labute approximate surface area is 168 Å². The Kier molecular flexibility index (Phi) is 6.57. The number of halogens is 1. The summed E-state index contributed by atoms with van der Waals surface area (Å²) in [5.41, 5.74) is 2.65. The molecule has 0 fully saturated rings. The highest BCUT2D eigenvalue weighted by Gasteiger charge is 2.14. The number of carboxylic acid groups (broad SMARTS) is 1. The minimum atomic E-state index is -1.01. The first-order chi connectivity index (χ1) is 13.4. The Balaban J connectivity index is 1.62. The van der Waals surface area contributed by atoms with Crippen molar-refractivity contribution in [2.24, 2.45) is 0 Å². The van der Waals surface area contributed by atoms with Crippen molar-refractivity contribution in [2.45, 2.75) is 25.5 Å². The number of aliphatic hydroxyl groups is 1. The average molecular weight is 403 g/mol. The quantitative estimate of drug-likeness (QED) is 0.439. The van der Waals surface area contributed by atoms with Gasteiger partial charge in [0.25, 0.3) is 0 Å². The normalized spacial score (nSPS) is 13.4. The van der Waals surface area contributed by atoms with Crippen LogP contribution in [-0.2, 0) is 11.2 Å². The van der Waals surface area contributed by atoms with E-state index in [0.717, 1.165) is 28.5 Å². The fourth-order valence-electron chi connectivity index (χ4n) is 3.16. The van der Waals surface area contributed by atoms with E-state index in [9.17, 15) is 9.90 Å². The largest absolute Gasteiger partial charge is 0.480 e. The Bertz CT molecular complexity index is 956. The van der Waals surface area contributed by atoms with E-state index in [-0.39, 0.29) is 12.6 Å². The number of benzene rings is 2. The smallest absolute Gasteiger partial charge is 0.341 e. The second kappa shape index (κ2) is 9.10. The first kappa shape index (κ1) is 20.2. The number of rotatable bonds is 9. The molecule has 4 N–H and O–H groups in total. The summed E-state index contributed by atoms with van der Waals surface area (Å²) in [5, 5.41) is 24.1. The van der Waals surface area contributed by atoms with Gasteiger partial charge in [0.05, 0.1) is 11.6 Å². The molecule has 0 aliphatic carbocycles. The summed E-state index contributed by atoms with van der Waals surface area (Å²) in [6.45, 7) is 2.08. The maximum Gasteiger partial charge on any atom is 0.341 e. The van der Waals surface area contributed by atoms with Crippen molar-refractivity contribution in [3.8, 4) is 5.75 Å². The van der Waals surface area contributed by atoms with Crippen LogP contribution in [0.25, 0.3) is 10.9 Å². The molecule has 2 aromatic carbocycles. The maximum atomic E-state index is 10.7. The van der Waals surface area contributed by atoms with Gasteiger partial charge in [-0.15, -0.1) is 0 Å². The molecule has 1 aromatic heterocycles. The van der Waals surface area contributed by atoms with Crippen LogP contribution >= 0.6 is 11.6 Å². The molecule has 1 heterocycles. The summed E-state index contributed by atoms with van der Waals surface area (Å²) in [7, 11) is 0. The Hall–Kier alpha value is -2.54. The van der Waals surface area contributed by atoms with E-state index in [4.69, 9.17) is 21.4 Å². The zero-order valence-corrected chi connectivity index (χ0v) is 16.2. The fourth-order valence-corrected chi connectivity index (χ4v) is 3.36. The van der Waals surface area contributed by atoms with E-state index in [1.165, 1.54) is 0 Å². The van der Waals surface area contributed by atoms with Crippen molar-refractivity contribution in [1.29, 1.82) is 0 Å². The minimum Gasteiger partial charge on any atom is -0.480 e. The Morgan fingerprint density at radius 1 is 1.29 bits per heavy atom. The Morgan fingerprint density at radius 2 is 2.07 bits per heavy atom. The molecule has 28 heavy (non-hydrogen) atoms. The van der Waals surface area contributed by atoms with E-state index >= 15 is 0 Å². The Morgan fingerprint density at radius 3 is 2.82 bits per heavy atom. The summed E-state index contributed by atoms with van der Waals surface area (Å²) in [6, 6.07) is 12.9. The lowest BCUT2D eigenvalue weighted by Gasteiger charge is -2.17. The number of carboxylic acids is 1. The third kappa shape index (κ3) is 5.04. The van der Waals surface area contributed by atoms with Gasteiger partial charge in [-0.2, -0.15) is 0 Å². The standard InChI is InChI=1S/C21H23ClN2O4/c1-13(23-11-18(25)14-4-2-5-16(22)9-14)8-15-10-24-21-17(15)6-3-7-19(21)28-12-20(26)27/h2-7,9-10,13,18,23-25H,8,11-12H2,1H3,(H,26,27)/t13-,18?/m1/s1. The summed E-state index contributed by atoms with van der Waals surface area (Å²) in [6.07, 6.45) is 2.01. The molecular weight excluding hydrogens is 380 g/mol. The minimum absolute atomic E-state index is 0.122. The molecule has 148 valence electrons. The molecule has 0 bridgehead atoms. The third-order valence-corrected chi connectivity index (χ3v) is 4.77. The lowest BCUT2D eigenvalue weighted by Crippen LogP contribution is -2.32. The lowest BCUT2D eigenvalue weighted by molar-refractivity contribution is -0.139. The molecule has 2 atom stereocenters. The topological polar surface area (TPSA) is 94.6 Å². The van der Waals surface area contributed by atoms with Crippen molar-refractivity contribution in [3.63, 3.8) is 0 Å².